The van der Waals surface area contributed by atoms with E-state index in [1.54, 1.807) is 0 Å². The summed E-state index contributed by atoms with van der Waals surface area (Å²) in [6, 6.07) is 17.0. The molecule has 0 aromatic heterocycles. The minimum absolute atomic E-state index is 0.0739. The first kappa shape index (κ1) is 14.1. The van der Waals surface area contributed by atoms with Gasteiger partial charge in [-0.3, -0.25) is 0 Å². The standard InChI is InChI=1S/C18H21Cl/c1-13-7-5-6-8-16(13)17(19)14-9-11-15(12-10-14)18(2,3)4/h5-12,17H,1-4H3. The molecule has 0 nitrogen and oxygen atoms in total. The van der Waals surface area contributed by atoms with Gasteiger partial charge in [-0.25, -0.2) is 0 Å². The fourth-order valence-electron chi connectivity index (χ4n) is 2.20. The molecule has 1 unspecified atom stereocenters. The Bertz CT molecular complexity index is 547. The number of benzene rings is 2. The maximum Gasteiger partial charge on any atom is 0.0838 e. The summed E-state index contributed by atoms with van der Waals surface area (Å²) in [4.78, 5) is 0. The first-order valence-corrected chi connectivity index (χ1v) is 7.13. The number of rotatable bonds is 2. The van der Waals surface area contributed by atoms with E-state index in [9.17, 15) is 0 Å². The molecule has 0 bridgehead atoms. The highest BCUT2D eigenvalue weighted by molar-refractivity contribution is 6.22. The van der Waals surface area contributed by atoms with Crippen LogP contribution in [0.15, 0.2) is 48.5 Å². The quantitative estimate of drug-likeness (QED) is 0.623. The Morgan fingerprint density at radius 2 is 1.47 bits per heavy atom. The van der Waals surface area contributed by atoms with Crippen LogP contribution in [0.3, 0.4) is 0 Å². The van der Waals surface area contributed by atoms with Crippen LogP contribution < -0.4 is 0 Å². The van der Waals surface area contributed by atoms with E-state index in [0.29, 0.717) is 0 Å². The number of alkyl halides is 1. The normalized spacial score (nSPS) is 13.3. The first-order chi connectivity index (χ1) is 8.89. The van der Waals surface area contributed by atoms with Crippen molar-refractivity contribution in [1.82, 2.24) is 0 Å². The molecule has 0 N–H and O–H groups in total. The first-order valence-electron chi connectivity index (χ1n) is 6.69. The summed E-state index contributed by atoms with van der Waals surface area (Å²) < 4.78 is 0. The van der Waals surface area contributed by atoms with E-state index in [1.165, 1.54) is 16.7 Å². The third-order valence-corrected chi connectivity index (χ3v) is 4.02. The van der Waals surface area contributed by atoms with Gasteiger partial charge in [0.1, 0.15) is 0 Å². The molecule has 0 radical (unpaired) electrons. The largest absolute Gasteiger partial charge is 0.113 e. The minimum Gasteiger partial charge on any atom is -0.113 e. The molecule has 0 spiro atoms. The van der Waals surface area contributed by atoms with E-state index in [2.05, 4.69) is 64.1 Å². The highest BCUT2D eigenvalue weighted by Gasteiger charge is 2.16. The molecule has 0 heterocycles. The molecule has 1 heteroatoms. The van der Waals surface area contributed by atoms with Gasteiger partial charge < -0.3 is 0 Å². The average Bonchev–Trinajstić information content (AvgIpc) is 2.38. The van der Waals surface area contributed by atoms with E-state index in [1.807, 2.05) is 12.1 Å². The number of halogens is 1. The highest BCUT2D eigenvalue weighted by Crippen LogP contribution is 2.32. The van der Waals surface area contributed by atoms with Gasteiger partial charge >= 0.3 is 0 Å². The summed E-state index contributed by atoms with van der Waals surface area (Å²) in [6.45, 7) is 8.78. The van der Waals surface area contributed by atoms with Crippen LogP contribution in [-0.2, 0) is 5.41 Å². The summed E-state index contributed by atoms with van der Waals surface area (Å²) in [5.74, 6) is 0. The van der Waals surface area contributed by atoms with E-state index < -0.39 is 0 Å². The van der Waals surface area contributed by atoms with E-state index in [-0.39, 0.29) is 10.8 Å². The molecule has 2 aromatic rings. The van der Waals surface area contributed by atoms with Gasteiger partial charge in [0.05, 0.1) is 5.38 Å². The highest BCUT2D eigenvalue weighted by atomic mass is 35.5. The van der Waals surface area contributed by atoms with Gasteiger partial charge in [-0.05, 0) is 34.6 Å². The summed E-state index contributed by atoms with van der Waals surface area (Å²) in [7, 11) is 0. The van der Waals surface area contributed by atoms with Gasteiger partial charge in [0.25, 0.3) is 0 Å². The smallest absolute Gasteiger partial charge is 0.0838 e. The number of hydrogen-bond donors (Lipinski definition) is 0. The minimum atomic E-state index is -0.0739. The number of aryl methyl sites for hydroxylation is 1. The van der Waals surface area contributed by atoms with Crippen molar-refractivity contribution in [1.29, 1.82) is 0 Å². The van der Waals surface area contributed by atoms with Gasteiger partial charge in [-0.1, -0.05) is 69.3 Å². The third-order valence-electron chi connectivity index (χ3n) is 3.53. The molecule has 2 aromatic carbocycles. The van der Waals surface area contributed by atoms with Gasteiger partial charge in [0.2, 0.25) is 0 Å². The monoisotopic (exact) mass is 272 g/mol. The average molecular weight is 273 g/mol. The lowest BCUT2D eigenvalue weighted by molar-refractivity contribution is 0.590. The maximum absolute atomic E-state index is 6.60. The zero-order valence-corrected chi connectivity index (χ0v) is 12.8. The maximum atomic E-state index is 6.60. The van der Waals surface area contributed by atoms with Crippen LogP contribution in [0.1, 0.15) is 48.4 Å². The number of hydrogen-bond acceptors (Lipinski definition) is 0. The van der Waals surface area contributed by atoms with Crippen molar-refractivity contribution in [3.05, 3.63) is 70.8 Å². The van der Waals surface area contributed by atoms with Crippen molar-refractivity contribution in [2.45, 2.75) is 38.5 Å². The zero-order chi connectivity index (χ0) is 14.0. The van der Waals surface area contributed by atoms with Crippen molar-refractivity contribution in [2.24, 2.45) is 0 Å². The molecule has 0 saturated heterocycles. The lowest BCUT2D eigenvalue weighted by atomic mass is 9.86. The second-order valence-corrected chi connectivity index (χ2v) is 6.53. The molecular formula is C18H21Cl. The van der Waals surface area contributed by atoms with Crippen molar-refractivity contribution < 1.29 is 0 Å². The molecule has 1 atom stereocenters. The predicted octanol–water partition coefficient (Wildman–Crippen LogP) is 5.62. The summed E-state index contributed by atoms with van der Waals surface area (Å²) >= 11 is 6.60. The van der Waals surface area contributed by atoms with Crippen molar-refractivity contribution in [3.63, 3.8) is 0 Å². The third kappa shape index (κ3) is 3.19. The van der Waals surface area contributed by atoms with Crippen LogP contribution >= 0.6 is 11.6 Å². The molecule has 0 saturated carbocycles. The molecule has 0 aliphatic rings. The van der Waals surface area contributed by atoms with Crippen LogP contribution in [0.4, 0.5) is 0 Å². The zero-order valence-electron chi connectivity index (χ0n) is 12.1. The van der Waals surface area contributed by atoms with Crippen LogP contribution in [0, 0.1) is 6.92 Å². The van der Waals surface area contributed by atoms with Gasteiger partial charge in [-0.2, -0.15) is 0 Å². The van der Waals surface area contributed by atoms with Gasteiger partial charge in [-0.15, -0.1) is 11.6 Å². The lowest BCUT2D eigenvalue weighted by Gasteiger charge is -2.20. The fourth-order valence-corrected chi connectivity index (χ4v) is 2.59. The molecule has 100 valence electrons. The van der Waals surface area contributed by atoms with Crippen LogP contribution in [-0.4, -0.2) is 0 Å². The summed E-state index contributed by atoms with van der Waals surface area (Å²) in [5.41, 5.74) is 5.10. The molecule has 0 aliphatic heterocycles. The molecule has 19 heavy (non-hydrogen) atoms. The Kier molecular flexibility index (Phi) is 4.01. The Hall–Kier alpha value is -1.27. The molecule has 0 aliphatic carbocycles. The van der Waals surface area contributed by atoms with Crippen LogP contribution in [0.5, 0.6) is 0 Å². The Morgan fingerprint density at radius 1 is 0.895 bits per heavy atom. The van der Waals surface area contributed by atoms with E-state index >= 15 is 0 Å². The Morgan fingerprint density at radius 3 is 2.00 bits per heavy atom. The molecule has 0 amide bonds. The molecular weight excluding hydrogens is 252 g/mol. The van der Waals surface area contributed by atoms with E-state index in [0.717, 1.165) is 5.56 Å². The summed E-state index contributed by atoms with van der Waals surface area (Å²) in [5, 5.41) is -0.0739. The van der Waals surface area contributed by atoms with Crippen LogP contribution in [0.2, 0.25) is 0 Å². The Balaban J connectivity index is 2.31. The SMILES string of the molecule is Cc1ccccc1C(Cl)c1ccc(C(C)(C)C)cc1. The second kappa shape index (κ2) is 5.38. The fraction of sp³-hybridized carbons (Fsp3) is 0.333. The van der Waals surface area contributed by atoms with Crippen LogP contribution in [0.25, 0.3) is 0 Å². The van der Waals surface area contributed by atoms with Crippen molar-refractivity contribution in [3.8, 4) is 0 Å². The Labute approximate surface area is 121 Å². The summed E-state index contributed by atoms with van der Waals surface area (Å²) in [6.07, 6.45) is 0. The van der Waals surface area contributed by atoms with Gasteiger partial charge in [0, 0.05) is 0 Å². The van der Waals surface area contributed by atoms with Gasteiger partial charge in [0.15, 0.2) is 0 Å². The molecule has 0 fully saturated rings. The topological polar surface area (TPSA) is 0 Å². The van der Waals surface area contributed by atoms with Crippen molar-refractivity contribution in [2.75, 3.05) is 0 Å². The molecule has 2 rings (SSSR count). The van der Waals surface area contributed by atoms with Crippen molar-refractivity contribution >= 4 is 11.6 Å². The predicted molar refractivity (Wildman–Crippen MR) is 84.0 cm³/mol. The van der Waals surface area contributed by atoms with E-state index in [4.69, 9.17) is 11.6 Å². The second-order valence-electron chi connectivity index (χ2n) is 6.09. The lowest BCUT2D eigenvalue weighted by Crippen LogP contribution is -2.10.